The summed E-state index contributed by atoms with van der Waals surface area (Å²) in [4.78, 5) is 0. The second-order valence-corrected chi connectivity index (χ2v) is 6.00. The van der Waals surface area contributed by atoms with Crippen molar-refractivity contribution in [2.75, 3.05) is 18.6 Å². The number of amidine groups is 1. The lowest BCUT2D eigenvalue weighted by atomic mass is 10.1. The van der Waals surface area contributed by atoms with E-state index >= 15 is 0 Å². The second kappa shape index (κ2) is 7.40. The molecule has 6 heteroatoms. The van der Waals surface area contributed by atoms with E-state index in [2.05, 4.69) is 10.5 Å². The normalized spacial score (nSPS) is 17.1. The minimum atomic E-state index is 0.114. The van der Waals surface area contributed by atoms with E-state index in [1.54, 1.807) is 13.2 Å². The molecule has 0 radical (unpaired) electrons. The summed E-state index contributed by atoms with van der Waals surface area (Å²) in [5, 5.41) is 15.3. The molecule has 0 atom stereocenters. The van der Waals surface area contributed by atoms with Crippen LogP contribution in [0, 0.1) is 0 Å². The number of hydrogen-bond donors (Lipinski definition) is 3. The molecule has 1 aliphatic heterocycles. The zero-order valence-corrected chi connectivity index (χ0v) is 12.4. The highest BCUT2D eigenvalue weighted by Crippen LogP contribution is 2.22. The molecular weight excluding hydrogens is 274 g/mol. The average molecular weight is 295 g/mol. The average Bonchev–Trinajstić information content (AvgIpc) is 2.52. The minimum Gasteiger partial charge on any atom is -0.496 e. The number of nitrogens with zero attached hydrogens (tertiary/aromatic N) is 1. The summed E-state index contributed by atoms with van der Waals surface area (Å²) in [5.74, 6) is 3.37. The Morgan fingerprint density at radius 1 is 1.50 bits per heavy atom. The van der Waals surface area contributed by atoms with Gasteiger partial charge in [-0.2, -0.15) is 11.8 Å². The first-order chi connectivity index (χ1) is 9.74. The highest BCUT2D eigenvalue weighted by Gasteiger charge is 2.14. The van der Waals surface area contributed by atoms with Gasteiger partial charge in [0.25, 0.3) is 0 Å². The fourth-order valence-electron chi connectivity index (χ4n) is 2.29. The van der Waals surface area contributed by atoms with E-state index in [1.807, 2.05) is 23.9 Å². The molecule has 20 heavy (non-hydrogen) atoms. The molecule has 0 unspecified atom stereocenters. The Morgan fingerprint density at radius 2 is 2.25 bits per heavy atom. The fourth-order valence-corrected chi connectivity index (χ4v) is 3.40. The van der Waals surface area contributed by atoms with E-state index in [0.717, 1.165) is 17.9 Å². The Balaban J connectivity index is 2.07. The molecule has 0 aliphatic carbocycles. The van der Waals surface area contributed by atoms with Crippen LogP contribution < -0.4 is 15.8 Å². The number of methoxy groups -OCH3 is 1. The molecule has 1 aromatic carbocycles. The van der Waals surface area contributed by atoms with Gasteiger partial charge in [0, 0.05) is 23.7 Å². The Labute approximate surface area is 123 Å². The lowest BCUT2D eigenvalue weighted by molar-refractivity contribution is 0.318. The van der Waals surface area contributed by atoms with Crippen LogP contribution >= 0.6 is 11.8 Å². The summed E-state index contributed by atoms with van der Waals surface area (Å²) in [6, 6.07) is 6.10. The Morgan fingerprint density at radius 3 is 2.90 bits per heavy atom. The number of nitrogens with two attached hydrogens (primary N) is 1. The molecule has 4 N–H and O–H groups in total. The molecule has 1 aromatic rings. The number of rotatable bonds is 5. The molecule has 0 spiro atoms. The van der Waals surface area contributed by atoms with Crippen molar-refractivity contribution in [3.63, 3.8) is 0 Å². The predicted octanol–water partition coefficient (Wildman–Crippen LogP) is 1.77. The maximum atomic E-state index is 8.75. The summed E-state index contributed by atoms with van der Waals surface area (Å²) in [6.45, 7) is 0.727. The zero-order chi connectivity index (χ0) is 14.4. The Hall–Kier alpha value is -1.40. The first kappa shape index (κ1) is 15.0. The number of hydrogen-bond acceptors (Lipinski definition) is 5. The number of ether oxygens (including phenoxy) is 1. The summed E-state index contributed by atoms with van der Waals surface area (Å²) < 4.78 is 5.37. The van der Waals surface area contributed by atoms with Crippen molar-refractivity contribution in [2.45, 2.75) is 25.4 Å². The molecular formula is C14H21N3O2S. The first-order valence-electron chi connectivity index (χ1n) is 6.70. The van der Waals surface area contributed by atoms with Crippen LogP contribution in [0.1, 0.15) is 24.0 Å². The fraction of sp³-hybridized carbons (Fsp3) is 0.500. The van der Waals surface area contributed by atoms with Crippen LogP contribution in [0.25, 0.3) is 0 Å². The van der Waals surface area contributed by atoms with Gasteiger partial charge >= 0.3 is 0 Å². The van der Waals surface area contributed by atoms with E-state index < -0.39 is 0 Å². The van der Waals surface area contributed by atoms with Gasteiger partial charge in [-0.25, -0.2) is 0 Å². The molecule has 2 rings (SSSR count). The predicted molar refractivity (Wildman–Crippen MR) is 82.7 cm³/mol. The molecule has 0 bridgehead atoms. The third-order valence-electron chi connectivity index (χ3n) is 3.49. The summed E-state index contributed by atoms with van der Waals surface area (Å²) in [5.41, 5.74) is 7.35. The SMILES string of the molecule is COc1ccc(/C(N)=N/O)cc1CNC1CCSCC1. The third kappa shape index (κ3) is 3.80. The Kier molecular flexibility index (Phi) is 5.55. The van der Waals surface area contributed by atoms with Crippen molar-refractivity contribution in [1.29, 1.82) is 0 Å². The summed E-state index contributed by atoms with van der Waals surface area (Å²) in [6.07, 6.45) is 2.40. The number of oxime groups is 1. The van der Waals surface area contributed by atoms with Crippen molar-refractivity contribution in [3.05, 3.63) is 29.3 Å². The lowest BCUT2D eigenvalue weighted by Gasteiger charge is -2.23. The topological polar surface area (TPSA) is 79.9 Å². The van der Waals surface area contributed by atoms with Crippen LogP contribution in [0.15, 0.2) is 23.4 Å². The van der Waals surface area contributed by atoms with Crippen LogP contribution in [-0.2, 0) is 6.54 Å². The lowest BCUT2D eigenvalue weighted by Crippen LogP contribution is -2.32. The van der Waals surface area contributed by atoms with Crippen LogP contribution in [-0.4, -0.2) is 35.7 Å². The molecule has 1 fully saturated rings. The number of nitrogens with one attached hydrogen (secondary N) is 1. The highest BCUT2D eigenvalue weighted by molar-refractivity contribution is 7.99. The smallest absolute Gasteiger partial charge is 0.170 e. The van der Waals surface area contributed by atoms with E-state index in [-0.39, 0.29) is 5.84 Å². The van der Waals surface area contributed by atoms with Crippen LogP contribution in [0.3, 0.4) is 0 Å². The highest BCUT2D eigenvalue weighted by atomic mass is 32.2. The van der Waals surface area contributed by atoms with Gasteiger partial charge in [-0.3, -0.25) is 0 Å². The van der Waals surface area contributed by atoms with Crippen LogP contribution in [0.4, 0.5) is 0 Å². The van der Waals surface area contributed by atoms with E-state index in [1.165, 1.54) is 24.3 Å². The third-order valence-corrected chi connectivity index (χ3v) is 4.54. The monoisotopic (exact) mass is 295 g/mol. The molecule has 1 aliphatic rings. The van der Waals surface area contributed by atoms with Gasteiger partial charge in [0.2, 0.25) is 0 Å². The molecule has 0 saturated carbocycles. The van der Waals surface area contributed by atoms with Crippen LogP contribution in [0.5, 0.6) is 5.75 Å². The van der Waals surface area contributed by atoms with Crippen molar-refractivity contribution in [2.24, 2.45) is 10.9 Å². The van der Waals surface area contributed by atoms with Gasteiger partial charge in [0.15, 0.2) is 5.84 Å². The Bertz CT molecular complexity index is 473. The second-order valence-electron chi connectivity index (χ2n) is 4.78. The van der Waals surface area contributed by atoms with Gasteiger partial charge in [-0.1, -0.05) is 5.16 Å². The van der Waals surface area contributed by atoms with E-state index in [0.29, 0.717) is 11.6 Å². The van der Waals surface area contributed by atoms with Gasteiger partial charge in [-0.15, -0.1) is 0 Å². The molecule has 0 amide bonds. The van der Waals surface area contributed by atoms with Gasteiger partial charge in [0.05, 0.1) is 7.11 Å². The zero-order valence-electron chi connectivity index (χ0n) is 11.6. The number of benzene rings is 1. The molecule has 110 valence electrons. The molecule has 0 aromatic heterocycles. The van der Waals surface area contributed by atoms with Crippen molar-refractivity contribution in [1.82, 2.24) is 5.32 Å². The molecule has 5 nitrogen and oxygen atoms in total. The maximum absolute atomic E-state index is 8.75. The first-order valence-corrected chi connectivity index (χ1v) is 7.86. The van der Waals surface area contributed by atoms with Crippen molar-refractivity contribution < 1.29 is 9.94 Å². The van der Waals surface area contributed by atoms with Gasteiger partial charge in [-0.05, 0) is 42.5 Å². The maximum Gasteiger partial charge on any atom is 0.170 e. The van der Waals surface area contributed by atoms with Crippen LogP contribution in [0.2, 0.25) is 0 Å². The standard InChI is InChI=1S/C14H21N3O2S/c1-19-13-3-2-10(14(15)17-18)8-11(13)9-16-12-4-6-20-7-5-12/h2-3,8,12,16,18H,4-7,9H2,1H3,(H2,15,17). The molecule has 1 heterocycles. The summed E-state index contributed by atoms with van der Waals surface area (Å²) in [7, 11) is 1.65. The largest absolute Gasteiger partial charge is 0.496 e. The minimum absolute atomic E-state index is 0.114. The van der Waals surface area contributed by atoms with Crippen molar-refractivity contribution in [3.8, 4) is 5.75 Å². The van der Waals surface area contributed by atoms with Crippen molar-refractivity contribution >= 4 is 17.6 Å². The molecule has 1 saturated heterocycles. The number of thioether (sulfide) groups is 1. The van der Waals surface area contributed by atoms with E-state index in [4.69, 9.17) is 15.7 Å². The van der Waals surface area contributed by atoms with Gasteiger partial charge < -0.3 is 21.0 Å². The van der Waals surface area contributed by atoms with E-state index in [9.17, 15) is 0 Å². The van der Waals surface area contributed by atoms with Gasteiger partial charge in [0.1, 0.15) is 5.75 Å². The summed E-state index contributed by atoms with van der Waals surface area (Å²) >= 11 is 2.01. The quantitative estimate of drug-likeness (QED) is 0.334.